The van der Waals surface area contributed by atoms with Gasteiger partial charge in [0.2, 0.25) is 0 Å². The van der Waals surface area contributed by atoms with E-state index in [-0.39, 0.29) is 22.6 Å². The smallest absolute Gasteiger partial charge is 0.377 e. The first-order chi connectivity index (χ1) is 11.0. The summed E-state index contributed by atoms with van der Waals surface area (Å²) in [5, 5.41) is 18.9. The van der Waals surface area contributed by atoms with Crippen LogP contribution in [-0.2, 0) is 11.3 Å². The number of fused-ring (bicyclic) bond motifs is 1. The summed E-state index contributed by atoms with van der Waals surface area (Å²) < 4.78 is 14.7. The number of aromatic nitrogens is 1. The molecular weight excluding hydrogens is 317 g/mol. The van der Waals surface area contributed by atoms with Gasteiger partial charge < -0.3 is 20.3 Å². The number of hydrogen-bond donors (Lipinski definition) is 2. The van der Waals surface area contributed by atoms with E-state index in [0.717, 1.165) is 5.56 Å². The number of carboxylic acid groups (broad SMARTS) is 1. The number of carbonyl (C=O) groups excluding carboxylic acids is 1. The second kappa shape index (κ2) is 6.51. The number of rotatable bonds is 4. The molecule has 0 bridgehead atoms. The molecule has 0 fully saturated rings. The number of benzene rings is 2. The Morgan fingerprint density at radius 1 is 1.08 bits per heavy atom. The van der Waals surface area contributed by atoms with Crippen molar-refractivity contribution < 1.29 is 29.7 Å². The number of carbonyl (C=O) groups is 2. The minimum absolute atomic E-state index is 0. The highest BCUT2D eigenvalue weighted by atomic mass is 19.1. The molecule has 0 spiro atoms. The SMILES string of the molecule is O.O=C(O)C(=O)c1cn(Cc2ccc(F)cc2)c2ccc(O)cc12. The molecule has 0 amide bonds. The molecule has 2 aromatic carbocycles. The summed E-state index contributed by atoms with van der Waals surface area (Å²) in [5.74, 6) is -3.01. The molecule has 0 radical (unpaired) electrons. The van der Waals surface area contributed by atoms with Crippen molar-refractivity contribution in [3.63, 3.8) is 0 Å². The summed E-state index contributed by atoms with van der Waals surface area (Å²) in [6.07, 6.45) is 1.43. The van der Waals surface area contributed by atoms with E-state index in [2.05, 4.69) is 0 Å². The highest BCUT2D eigenvalue weighted by Crippen LogP contribution is 2.26. The molecule has 4 N–H and O–H groups in total. The van der Waals surface area contributed by atoms with Crippen molar-refractivity contribution in [2.24, 2.45) is 0 Å². The van der Waals surface area contributed by atoms with Gasteiger partial charge in [-0.05, 0) is 35.9 Å². The number of phenolic OH excluding ortho intramolecular Hbond substituents is 1. The predicted octanol–water partition coefficient (Wildman–Crippen LogP) is 1.98. The molecule has 6 nitrogen and oxygen atoms in total. The fourth-order valence-corrected chi connectivity index (χ4v) is 2.50. The van der Waals surface area contributed by atoms with Crippen LogP contribution < -0.4 is 0 Å². The standard InChI is InChI=1S/C17H12FNO4.H2O/c18-11-3-1-10(2-4-11)8-19-9-14(16(21)17(22)23)13-7-12(20)5-6-15(13)19;/h1-7,9,20H,8H2,(H,22,23);1H2. The lowest BCUT2D eigenvalue weighted by Gasteiger charge is -2.05. The van der Waals surface area contributed by atoms with Crippen molar-refractivity contribution in [3.05, 3.63) is 65.6 Å². The van der Waals surface area contributed by atoms with E-state index in [0.29, 0.717) is 17.4 Å². The van der Waals surface area contributed by atoms with Crippen LogP contribution in [0.25, 0.3) is 10.9 Å². The van der Waals surface area contributed by atoms with Crippen LogP contribution in [0.4, 0.5) is 4.39 Å². The third-order valence-corrected chi connectivity index (χ3v) is 3.57. The van der Waals surface area contributed by atoms with Gasteiger partial charge in [-0.1, -0.05) is 12.1 Å². The first kappa shape index (κ1) is 17.2. The molecule has 3 aromatic rings. The highest BCUT2D eigenvalue weighted by Gasteiger charge is 2.21. The average molecular weight is 331 g/mol. The van der Waals surface area contributed by atoms with Crippen LogP contribution in [0.2, 0.25) is 0 Å². The molecule has 0 unspecified atom stereocenters. The number of aliphatic carboxylic acids is 1. The monoisotopic (exact) mass is 331 g/mol. The second-order valence-electron chi connectivity index (χ2n) is 5.13. The maximum Gasteiger partial charge on any atom is 0.377 e. The highest BCUT2D eigenvalue weighted by molar-refractivity contribution is 6.42. The van der Waals surface area contributed by atoms with Crippen molar-refractivity contribution >= 4 is 22.7 Å². The van der Waals surface area contributed by atoms with Gasteiger partial charge in [0.1, 0.15) is 11.6 Å². The van der Waals surface area contributed by atoms with E-state index in [1.165, 1.54) is 30.5 Å². The average Bonchev–Trinajstić information content (AvgIpc) is 2.86. The van der Waals surface area contributed by atoms with Crippen molar-refractivity contribution in [3.8, 4) is 5.75 Å². The van der Waals surface area contributed by atoms with E-state index in [9.17, 15) is 19.1 Å². The van der Waals surface area contributed by atoms with Gasteiger partial charge in [0.05, 0.1) is 5.56 Å². The lowest BCUT2D eigenvalue weighted by Crippen LogP contribution is -2.12. The molecule has 0 aliphatic carbocycles. The van der Waals surface area contributed by atoms with Crippen molar-refractivity contribution in [2.75, 3.05) is 0 Å². The Hall–Kier alpha value is -3.19. The molecule has 3 rings (SSSR count). The number of aromatic hydroxyl groups is 1. The number of hydrogen-bond acceptors (Lipinski definition) is 3. The van der Waals surface area contributed by atoms with E-state index in [4.69, 9.17) is 5.11 Å². The third kappa shape index (κ3) is 3.11. The van der Waals surface area contributed by atoms with Gasteiger partial charge in [-0.15, -0.1) is 0 Å². The number of ketones is 1. The zero-order valence-electron chi connectivity index (χ0n) is 12.4. The first-order valence-corrected chi connectivity index (χ1v) is 6.79. The van der Waals surface area contributed by atoms with Crippen LogP contribution in [-0.4, -0.2) is 32.0 Å². The summed E-state index contributed by atoms with van der Waals surface area (Å²) in [6, 6.07) is 10.3. The number of nitrogens with zero attached hydrogens (tertiary/aromatic N) is 1. The summed E-state index contributed by atoms with van der Waals surface area (Å²) in [4.78, 5) is 22.8. The lowest BCUT2D eigenvalue weighted by atomic mass is 10.1. The van der Waals surface area contributed by atoms with E-state index < -0.39 is 11.8 Å². The summed E-state index contributed by atoms with van der Waals surface area (Å²) in [6.45, 7) is 0.342. The van der Waals surface area contributed by atoms with Crippen molar-refractivity contribution in [2.45, 2.75) is 6.54 Å². The fraction of sp³-hybridized carbons (Fsp3) is 0.0588. The van der Waals surface area contributed by atoms with Gasteiger partial charge in [-0.3, -0.25) is 4.79 Å². The summed E-state index contributed by atoms with van der Waals surface area (Å²) in [5.41, 5.74) is 1.41. The predicted molar refractivity (Wildman–Crippen MR) is 84.7 cm³/mol. The molecule has 0 saturated carbocycles. The third-order valence-electron chi connectivity index (χ3n) is 3.57. The van der Waals surface area contributed by atoms with Gasteiger partial charge >= 0.3 is 5.97 Å². The lowest BCUT2D eigenvalue weighted by molar-refractivity contribution is -0.131. The Kier molecular flexibility index (Phi) is 4.66. The second-order valence-corrected chi connectivity index (χ2v) is 5.13. The Balaban J connectivity index is 0.00000208. The van der Waals surface area contributed by atoms with Crippen LogP contribution in [0.1, 0.15) is 15.9 Å². The maximum atomic E-state index is 13.0. The summed E-state index contributed by atoms with van der Waals surface area (Å²) >= 11 is 0. The van der Waals surface area contributed by atoms with Crippen molar-refractivity contribution in [1.82, 2.24) is 4.57 Å². The van der Waals surface area contributed by atoms with E-state index in [1.807, 2.05) is 0 Å². The quantitative estimate of drug-likeness (QED) is 0.562. The Bertz CT molecular complexity index is 915. The van der Waals surface area contributed by atoms with Gasteiger partial charge in [-0.2, -0.15) is 0 Å². The zero-order chi connectivity index (χ0) is 16.6. The topological polar surface area (TPSA) is 111 Å². The number of phenols is 1. The minimum atomic E-state index is -1.56. The van der Waals surface area contributed by atoms with Crippen LogP contribution >= 0.6 is 0 Å². The van der Waals surface area contributed by atoms with Gasteiger partial charge in [0, 0.05) is 23.6 Å². The van der Waals surface area contributed by atoms with Crippen LogP contribution in [0.5, 0.6) is 5.75 Å². The Labute approximate surface area is 135 Å². The molecule has 0 saturated heterocycles. The molecule has 0 aliphatic rings. The molecule has 24 heavy (non-hydrogen) atoms. The number of Topliss-reactive ketones (excluding diaryl/α,β-unsaturated/α-hetero) is 1. The first-order valence-electron chi connectivity index (χ1n) is 6.79. The van der Waals surface area contributed by atoms with Crippen molar-refractivity contribution in [1.29, 1.82) is 0 Å². The largest absolute Gasteiger partial charge is 0.508 e. The molecule has 7 heteroatoms. The number of halogens is 1. The molecule has 1 heterocycles. The molecule has 1 aromatic heterocycles. The fourth-order valence-electron chi connectivity index (χ4n) is 2.50. The molecule has 0 aliphatic heterocycles. The van der Waals surface area contributed by atoms with Crippen LogP contribution in [0, 0.1) is 5.82 Å². The van der Waals surface area contributed by atoms with Gasteiger partial charge in [0.25, 0.3) is 5.78 Å². The maximum absolute atomic E-state index is 13.0. The molecule has 0 atom stereocenters. The Morgan fingerprint density at radius 3 is 2.38 bits per heavy atom. The van der Waals surface area contributed by atoms with Crippen LogP contribution in [0.3, 0.4) is 0 Å². The minimum Gasteiger partial charge on any atom is -0.508 e. The molecular formula is C17H14FNO5. The van der Waals surface area contributed by atoms with E-state index in [1.54, 1.807) is 22.8 Å². The Morgan fingerprint density at radius 2 is 1.75 bits per heavy atom. The number of carboxylic acids is 1. The van der Waals surface area contributed by atoms with Gasteiger partial charge in [0.15, 0.2) is 0 Å². The normalized spacial score (nSPS) is 10.4. The summed E-state index contributed by atoms with van der Waals surface area (Å²) in [7, 11) is 0. The zero-order valence-corrected chi connectivity index (χ0v) is 12.4. The molecule has 124 valence electrons. The van der Waals surface area contributed by atoms with E-state index >= 15 is 0 Å². The van der Waals surface area contributed by atoms with Gasteiger partial charge in [-0.25, -0.2) is 9.18 Å². The van der Waals surface area contributed by atoms with Crippen LogP contribution in [0.15, 0.2) is 48.7 Å².